The van der Waals surface area contributed by atoms with Crippen molar-refractivity contribution in [2.24, 2.45) is 57.4 Å². The topological polar surface area (TPSA) is 270 Å². The molecule has 4 saturated carbocycles. The van der Waals surface area contributed by atoms with Crippen LogP contribution < -0.4 is 9.86 Å². The van der Waals surface area contributed by atoms with E-state index in [0.29, 0.717) is 12.8 Å². The Labute approximate surface area is 309 Å². The molecule has 7 fully saturated rings. The minimum atomic E-state index is -4.39. The Bertz CT molecular complexity index is 1760. The molecule has 0 radical (unpaired) electrons. The van der Waals surface area contributed by atoms with E-state index >= 15 is 0 Å². The Morgan fingerprint density at radius 2 is 1.34 bits per heavy atom. The van der Waals surface area contributed by atoms with Crippen LogP contribution in [0.1, 0.15) is 74.7 Å². The number of rotatable bonds is 5. The van der Waals surface area contributed by atoms with E-state index in [9.17, 15) is 46.2 Å². The summed E-state index contributed by atoms with van der Waals surface area (Å²) in [5.41, 5.74) is -6.57. The average molecular weight is 797 g/mol. The lowest BCUT2D eigenvalue weighted by atomic mass is 9.51. The highest BCUT2D eigenvalue weighted by Crippen LogP contribution is 2.68. The molecule has 3 saturated heterocycles. The second-order valence-corrected chi connectivity index (χ2v) is 19.0. The van der Waals surface area contributed by atoms with Gasteiger partial charge in [0.05, 0.1) is 59.9 Å². The van der Waals surface area contributed by atoms with Gasteiger partial charge >= 0.3 is 44.5 Å². The molecule has 14 atom stereocenters. The Morgan fingerprint density at radius 3 is 1.81 bits per heavy atom. The van der Waals surface area contributed by atoms with Crippen LogP contribution in [0.3, 0.4) is 0 Å². The zero-order chi connectivity index (χ0) is 38.9. The average Bonchev–Trinajstić information content (AvgIpc) is 3.65. The quantitative estimate of drug-likeness (QED) is 0.208. The van der Waals surface area contributed by atoms with Gasteiger partial charge in [-0.3, -0.25) is 27.5 Å². The van der Waals surface area contributed by atoms with Crippen LogP contribution >= 0.6 is 0 Å². The van der Waals surface area contributed by atoms with Gasteiger partial charge in [-0.05, 0) is 45.4 Å². The van der Waals surface area contributed by atoms with Crippen LogP contribution in [0.5, 0.6) is 0 Å². The molecular weight excluding hydrogens is 744 g/mol. The zero-order valence-electron chi connectivity index (χ0n) is 30.2. The highest BCUT2D eigenvalue weighted by molar-refractivity contribution is 7.84. The Hall–Kier alpha value is -2.46. The number of aliphatic hydroxyl groups is 2. The minimum absolute atomic E-state index is 0. The SMILES string of the molecule is C.COC(=O)[C@H]1[C@H](C(C)C)[C@@H](OS(N)(=O)=O)[C@H]2OC(=O)[C@H]3CC[C@]1(O)[C@]32C.COC(=O)[C@H]1[C@H]2[C@@H](OS(=O)(=O)NC2(C)C)[C@H]2OC(=O)[C@H]3CC[C@]1(O)[C@]32C. The van der Waals surface area contributed by atoms with Crippen LogP contribution in [-0.4, -0.2) is 106 Å². The first kappa shape index (κ1) is 41.7. The fraction of sp³-hybridized carbons (Fsp3) is 0.879. The fourth-order valence-corrected chi connectivity index (χ4v) is 13.3. The molecule has 0 bridgehead atoms. The first-order valence-electron chi connectivity index (χ1n) is 17.2. The molecule has 20 heteroatoms. The highest BCUT2D eigenvalue weighted by atomic mass is 32.2. The summed E-state index contributed by atoms with van der Waals surface area (Å²) in [6.45, 7) is 10.1. The summed E-state index contributed by atoms with van der Waals surface area (Å²) in [5.74, 6) is -7.55. The van der Waals surface area contributed by atoms with Crippen molar-refractivity contribution in [3.8, 4) is 0 Å². The molecule has 5 N–H and O–H groups in total. The molecule has 18 nitrogen and oxygen atoms in total. The lowest BCUT2D eigenvalue weighted by Crippen LogP contribution is -2.76. The molecule has 0 spiro atoms. The van der Waals surface area contributed by atoms with E-state index in [1.807, 2.05) is 0 Å². The number of esters is 4. The van der Waals surface area contributed by atoms with Gasteiger partial charge in [0.1, 0.15) is 24.4 Å². The van der Waals surface area contributed by atoms with Gasteiger partial charge in [0.2, 0.25) is 0 Å². The van der Waals surface area contributed by atoms with E-state index in [1.54, 1.807) is 41.5 Å². The van der Waals surface area contributed by atoms with Crippen molar-refractivity contribution in [3.05, 3.63) is 0 Å². The zero-order valence-corrected chi connectivity index (χ0v) is 31.8. The first-order chi connectivity index (χ1) is 23.8. The number of carbonyl (C=O) groups excluding carboxylic acids is 4. The number of methoxy groups -OCH3 is 2. The number of hydrogen-bond acceptors (Lipinski definition) is 16. The molecule has 3 heterocycles. The van der Waals surface area contributed by atoms with Gasteiger partial charge in [-0.1, -0.05) is 35.1 Å². The van der Waals surface area contributed by atoms with Crippen LogP contribution in [-0.2, 0) is 67.1 Å². The number of carbonyl (C=O) groups is 4. The van der Waals surface area contributed by atoms with Crippen molar-refractivity contribution in [2.75, 3.05) is 14.2 Å². The van der Waals surface area contributed by atoms with Gasteiger partial charge in [0.25, 0.3) is 0 Å². The molecule has 0 amide bonds. The maximum atomic E-state index is 12.7. The third kappa shape index (κ3) is 5.59. The second-order valence-electron chi connectivity index (χ2n) is 16.6. The van der Waals surface area contributed by atoms with Crippen molar-refractivity contribution in [1.29, 1.82) is 0 Å². The largest absolute Gasteiger partial charge is 0.469 e. The van der Waals surface area contributed by atoms with Crippen LogP contribution in [0, 0.1) is 52.3 Å². The third-order valence-corrected chi connectivity index (χ3v) is 15.4. The summed E-state index contributed by atoms with van der Waals surface area (Å²) >= 11 is 0. The Balaban J connectivity index is 0.000000201. The summed E-state index contributed by atoms with van der Waals surface area (Å²) in [5, 5.41) is 28.4. The molecule has 0 aromatic rings. The van der Waals surface area contributed by atoms with Crippen molar-refractivity contribution in [1.82, 2.24) is 4.72 Å². The van der Waals surface area contributed by atoms with Crippen LogP contribution in [0.4, 0.5) is 0 Å². The van der Waals surface area contributed by atoms with Gasteiger partial charge < -0.3 is 29.2 Å². The summed E-state index contributed by atoms with van der Waals surface area (Å²) < 4.78 is 81.6. The second kappa shape index (κ2) is 12.8. The first-order valence-corrected chi connectivity index (χ1v) is 20.1. The molecule has 302 valence electrons. The van der Waals surface area contributed by atoms with Gasteiger partial charge in [-0.2, -0.15) is 21.6 Å². The van der Waals surface area contributed by atoms with Crippen LogP contribution in [0.25, 0.3) is 0 Å². The maximum absolute atomic E-state index is 12.7. The van der Waals surface area contributed by atoms with E-state index in [-0.39, 0.29) is 26.2 Å². The predicted molar refractivity (Wildman–Crippen MR) is 180 cm³/mol. The van der Waals surface area contributed by atoms with Crippen LogP contribution in [0.2, 0.25) is 0 Å². The Kier molecular flexibility index (Phi) is 10.1. The third-order valence-electron chi connectivity index (χ3n) is 13.7. The van der Waals surface area contributed by atoms with E-state index in [2.05, 4.69) is 4.72 Å². The summed E-state index contributed by atoms with van der Waals surface area (Å²) in [6, 6.07) is 0. The number of ether oxygens (including phenoxy) is 4. The minimum Gasteiger partial charge on any atom is -0.469 e. The predicted octanol–water partition coefficient (Wildman–Crippen LogP) is -0.151. The number of nitrogens with one attached hydrogen (secondary N) is 1. The van der Waals surface area contributed by atoms with Crippen LogP contribution in [0.15, 0.2) is 0 Å². The summed E-state index contributed by atoms with van der Waals surface area (Å²) in [7, 11) is -6.07. The van der Waals surface area contributed by atoms with Gasteiger partial charge in [0, 0.05) is 17.4 Å². The van der Waals surface area contributed by atoms with Crippen molar-refractivity contribution >= 4 is 44.5 Å². The van der Waals surface area contributed by atoms with Gasteiger partial charge in [-0.15, -0.1) is 0 Å². The smallest absolute Gasteiger partial charge is 0.336 e. The normalized spacial score (nSPS) is 46.7. The van der Waals surface area contributed by atoms with Crippen molar-refractivity contribution < 1.29 is 73.5 Å². The highest BCUT2D eigenvalue weighted by Gasteiger charge is 2.81. The fourth-order valence-electron chi connectivity index (χ4n) is 11.4. The number of fused-ring (bicyclic) bond motifs is 2. The molecule has 3 aliphatic heterocycles. The molecule has 0 aromatic carbocycles. The molecule has 7 aliphatic rings. The van der Waals surface area contributed by atoms with E-state index in [0.717, 1.165) is 0 Å². The lowest BCUT2D eigenvalue weighted by Gasteiger charge is -2.59. The standard InChI is InChI=1S/C16H23NO8S.C16H25NO8S.CH4/c1-14(2)8-9(13(19)23-4)16(20)6-5-7-12(18)24-11(15(7,16)3)10(8)25-26(21,22)17-14;1-7(2)9-10(14(19)23-4)16(20)6-5-8-13(18)24-12(15(8,16)3)11(9)25-26(17,21)22;/h7-11,17,20H,5-6H2,1-4H3;7-12,20H,5-6H2,1-4H3,(H2,17,21,22);1H4/t7-,8+,9-,10-,11-,15-,16-;8-,9+,10-,11-,12-,15-,16-;/m11./s1. The van der Waals surface area contributed by atoms with Crippen molar-refractivity contribution in [2.45, 2.75) is 116 Å². The lowest BCUT2D eigenvalue weighted by molar-refractivity contribution is -0.238. The summed E-state index contributed by atoms with van der Waals surface area (Å²) in [4.78, 5) is 50.2. The summed E-state index contributed by atoms with van der Waals surface area (Å²) in [6.07, 6.45) is -3.13. The molecule has 7 rings (SSSR count). The molecule has 0 unspecified atom stereocenters. The van der Waals surface area contributed by atoms with E-state index in [4.69, 9.17) is 32.5 Å². The van der Waals surface area contributed by atoms with Gasteiger partial charge in [-0.25, -0.2) is 5.14 Å². The van der Waals surface area contributed by atoms with Gasteiger partial charge in [0.15, 0.2) is 0 Å². The molecule has 4 aliphatic carbocycles. The molecular formula is C33H52N2O16S2. The number of hydrogen-bond donors (Lipinski definition) is 4. The maximum Gasteiger partial charge on any atom is 0.336 e. The van der Waals surface area contributed by atoms with E-state index < -0.39 is 132 Å². The molecule has 0 aromatic heterocycles. The number of nitrogens with two attached hydrogens (primary N) is 1. The van der Waals surface area contributed by atoms with Crippen molar-refractivity contribution in [3.63, 3.8) is 0 Å². The van der Waals surface area contributed by atoms with E-state index in [1.165, 1.54) is 14.2 Å². The monoisotopic (exact) mass is 796 g/mol. The Morgan fingerprint density at radius 1 is 0.887 bits per heavy atom. The molecule has 53 heavy (non-hydrogen) atoms.